The van der Waals surface area contributed by atoms with Crippen LogP contribution < -0.4 is 0 Å². The molecule has 1 saturated carbocycles. The van der Waals surface area contributed by atoms with E-state index in [1.54, 1.807) is 0 Å². The van der Waals surface area contributed by atoms with E-state index in [9.17, 15) is 0 Å². The van der Waals surface area contributed by atoms with Gasteiger partial charge >= 0.3 is 0 Å². The highest BCUT2D eigenvalue weighted by atomic mass is 32.1. The summed E-state index contributed by atoms with van der Waals surface area (Å²) in [5.74, 6) is 2.52. The van der Waals surface area contributed by atoms with Crippen molar-refractivity contribution in [2.24, 2.45) is 17.3 Å². The lowest BCUT2D eigenvalue weighted by atomic mass is 9.81. The Morgan fingerprint density at radius 3 is 2.16 bits per heavy atom. The Kier molecular flexibility index (Phi) is 7.24. The maximum absolute atomic E-state index is 4.61. The fraction of sp³-hybridized carbons (Fsp3) is 1.00. The largest absolute Gasteiger partial charge is 0.300 e. The molecule has 0 aromatic carbocycles. The van der Waals surface area contributed by atoms with E-state index in [2.05, 4.69) is 52.1 Å². The Hall–Kier alpha value is 0.310. The Bertz CT molecular complexity index is 238. The monoisotopic (exact) mass is 285 g/mol. The fourth-order valence-corrected chi connectivity index (χ4v) is 3.67. The Morgan fingerprint density at radius 1 is 1.16 bits per heavy atom. The van der Waals surface area contributed by atoms with Gasteiger partial charge in [0, 0.05) is 12.6 Å². The van der Waals surface area contributed by atoms with Gasteiger partial charge in [0.1, 0.15) is 0 Å². The van der Waals surface area contributed by atoms with Gasteiger partial charge in [0.05, 0.1) is 0 Å². The van der Waals surface area contributed by atoms with Crippen LogP contribution in [0, 0.1) is 17.3 Å². The van der Waals surface area contributed by atoms with Gasteiger partial charge in [-0.3, -0.25) is 0 Å². The van der Waals surface area contributed by atoms with Gasteiger partial charge < -0.3 is 4.90 Å². The first-order valence-corrected chi connectivity index (χ1v) is 8.82. The van der Waals surface area contributed by atoms with E-state index in [1.807, 2.05) is 0 Å². The molecule has 1 aliphatic rings. The van der Waals surface area contributed by atoms with Crippen LogP contribution in [0.15, 0.2) is 0 Å². The minimum absolute atomic E-state index is 0.371. The van der Waals surface area contributed by atoms with Crippen molar-refractivity contribution in [2.45, 2.75) is 72.8 Å². The molecule has 0 spiro atoms. The average molecular weight is 286 g/mol. The minimum Gasteiger partial charge on any atom is -0.300 e. The van der Waals surface area contributed by atoms with Crippen molar-refractivity contribution in [3.8, 4) is 0 Å². The third kappa shape index (κ3) is 6.08. The summed E-state index contributed by atoms with van der Waals surface area (Å²) in [6, 6.07) is 0.850. The summed E-state index contributed by atoms with van der Waals surface area (Å²) in [5.41, 5.74) is 0.371. The third-order valence-electron chi connectivity index (χ3n) is 4.73. The Balaban J connectivity index is 2.61. The van der Waals surface area contributed by atoms with Gasteiger partial charge in [-0.05, 0) is 48.8 Å². The lowest BCUT2D eigenvalue weighted by Gasteiger charge is -2.38. The highest BCUT2D eigenvalue weighted by molar-refractivity contribution is 7.80. The van der Waals surface area contributed by atoms with Crippen LogP contribution in [0.3, 0.4) is 0 Å². The molecule has 0 aromatic heterocycles. The van der Waals surface area contributed by atoms with Crippen molar-refractivity contribution in [1.29, 1.82) is 0 Å². The molecule has 1 aliphatic carbocycles. The lowest BCUT2D eigenvalue weighted by molar-refractivity contribution is 0.121. The normalized spacial score (nSPS) is 19.6. The van der Waals surface area contributed by atoms with Crippen LogP contribution in [0.1, 0.15) is 66.7 Å². The quantitative estimate of drug-likeness (QED) is 0.653. The van der Waals surface area contributed by atoms with Gasteiger partial charge in [0.25, 0.3) is 0 Å². The van der Waals surface area contributed by atoms with Crippen LogP contribution in [-0.2, 0) is 0 Å². The molecule has 114 valence electrons. The summed E-state index contributed by atoms with van der Waals surface area (Å²) < 4.78 is 0. The summed E-state index contributed by atoms with van der Waals surface area (Å²) in [4.78, 5) is 2.79. The van der Waals surface area contributed by atoms with E-state index in [0.717, 1.165) is 17.7 Å². The summed E-state index contributed by atoms with van der Waals surface area (Å²) >= 11 is 4.61. The predicted molar refractivity (Wildman–Crippen MR) is 90.1 cm³/mol. The first-order valence-electron chi connectivity index (χ1n) is 8.19. The summed E-state index contributed by atoms with van der Waals surface area (Å²) in [6.07, 6.45) is 7.04. The van der Waals surface area contributed by atoms with Crippen LogP contribution in [0.2, 0.25) is 0 Å². The highest BCUT2D eigenvalue weighted by Crippen LogP contribution is 2.31. The molecule has 0 saturated heterocycles. The van der Waals surface area contributed by atoms with Crippen LogP contribution in [0.25, 0.3) is 0 Å². The Morgan fingerprint density at radius 2 is 1.74 bits per heavy atom. The number of hydrogen-bond donors (Lipinski definition) is 1. The van der Waals surface area contributed by atoms with Gasteiger partial charge in [-0.25, -0.2) is 0 Å². The van der Waals surface area contributed by atoms with Crippen molar-refractivity contribution in [3.05, 3.63) is 0 Å². The molecule has 0 aromatic rings. The topological polar surface area (TPSA) is 3.24 Å². The third-order valence-corrected chi connectivity index (χ3v) is 5.18. The van der Waals surface area contributed by atoms with Crippen LogP contribution in [-0.4, -0.2) is 29.8 Å². The van der Waals surface area contributed by atoms with Crippen LogP contribution >= 0.6 is 12.6 Å². The molecule has 0 amide bonds. The first-order chi connectivity index (χ1) is 8.84. The SMILES string of the molecule is CC(C)CCN(CC(CS)C(C)(C)C)C1CCCC1. The molecule has 1 rings (SSSR count). The minimum atomic E-state index is 0.371. The maximum atomic E-state index is 4.61. The second-order valence-electron chi connectivity index (χ2n) is 7.86. The zero-order valence-corrected chi connectivity index (χ0v) is 14.7. The zero-order chi connectivity index (χ0) is 14.5. The van der Waals surface area contributed by atoms with Gasteiger partial charge in [-0.2, -0.15) is 12.6 Å². The van der Waals surface area contributed by atoms with Crippen LogP contribution in [0.4, 0.5) is 0 Å². The molecule has 19 heavy (non-hydrogen) atoms. The molecular formula is C17H35NS. The first kappa shape index (κ1) is 17.4. The average Bonchev–Trinajstić information content (AvgIpc) is 2.80. The Labute approximate surface area is 126 Å². The van der Waals surface area contributed by atoms with Crippen molar-refractivity contribution in [3.63, 3.8) is 0 Å². The zero-order valence-electron chi connectivity index (χ0n) is 13.8. The predicted octanol–water partition coefficient (Wildman–Crippen LogP) is 4.87. The molecule has 1 fully saturated rings. The van der Waals surface area contributed by atoms with Gasteiger partial charge in [0.15, 0.2) is 0 Å². The molecule has 0 radical (unpaired) electrons. The smallest absolute Gasteiger partial charge is 0.00953 e. The molecule has 1 unspecified atom stereocenters. The standard InChI is InChI=1S/C17H35NS/c1-14(2)10-11-18(16-8-6-7-9-16)12-15(13-19)17(3,4)5/h14-16,19H,6-13H2,1-5H3. The number of rotatable bonds is 7. The van der Waals surface area contributed by atoms with E-state index in [1.165, 1.54) is 45.2 Å². The number of thiol groups is 1. The van der Waals surface area contributed by atoms with E-state index in [4.69, 9.17) is 0 Å². The summed E-state index contributed by atoms with van der Waals surface area (Å²) in [7, 11) is 0. The molecule has 1 nitrogen and oxygen atoms in total. The highest BCUT2D eigenvalue weighted by Gasteiger charge is 2.29. The van der Waals surface area contributed by atoms with Crippen LogP contribution in [0.5, 0.6) is 0 Å². The maximum Gasteiger partial charge on any atom is 0.00953 e. The summed E-state index contributed by atoms with van der Waals surface area (Å²) in [6.45, 7) is 14.3. The van der Waals surface area contributed by atoms with E-state index < -0.39 is 0 Å². The molecule has 1 atom stereocenters. The molecule has 2 heteroatoms. The molecule has 0 bridgehead atoms. The summed E-state index contributed by atoms with van der Waals surface area (Å²) in [5, 5.41) is 0. The van der Waals surface area contributed by atoms with Gasteiger partial charge in [-0.1, -0.05) is 47.5 Å². The second kappa shape index (κ2) is 7.93. The molecule has 0 aliphatic heterocycles. The van der Waals surface area contributed by atoms with Crippen molar-refractivity contribution >= 4 is 12.6 Å². The fourth-order valence-electron chi connectivity index (χ4n) is 3.00. The lowest BCUT2D eigenvalue weighted by Crippen LogP contribution is -2.42. The van der Waals surface area contributed by atoms with E-state index >= 15 is 0 Å². The van der Waals surface area contributed by atoms with Crippen molar-refractivity contribution < 1.29 is 0 Å². The molecular weight excluding hydrogens is 250 g/mol. The number of hydrogen-bond acceptors (Lipinski definition) is 2. The van der Waals surface area contributed by atoms with Crippen molar-refractivity contribution in [2.75, 3.05) is 18.8 Å². The second-order valence-corrected chi connectivity index (χ2v) is 8.23. The van der Waals surface area contributed by atoms with Crippen molar-refractivity contribution in [1.82, 2.24) is 4.90 Å². The van der Waals surface area contributed by atoms with Gasteiger partial charge in [0.2, 0.25) is 0 Å². The number of nitrogens with zero attached hydrogens (tertiary/aromatic N) is 1. The van der Waals surface area contributed by atoms with E-state index in [0.29, 0.717) is 11.3 Å². The molecule has 0 N–H and O–H groups in total. The van der Waals surface area contributed by atoms with E-state index in [-0.39, 0.29) is 0 Å². The molecule has 0 heterocycles. The van der Waals surface area contributed by atoms with Gasteiger partial charge in [-0.15, -0.1) is 0 Å².